The zero-order valence-electron chi connectivity index (χ0n) is 8.81. The van der Waals surface area contributed by atoms with E-state index in [1.54, 1.807) is 0 Å². The molecule has 0 saturated heterocycles. The molecule has 8 heteroatoms. The summed E-state index contributed by atoms with van der Waals surface area (Å²) < 4.78 is 28.8. The van der Waals surface area contributed by atoms with E-state index >= 15 is 0 Å². The summed E-state index contributed by atoms with van der Waals surface area (Å²) in [6.45, 7) is -0.311. The molecule has 0 fully saturated rings. The summed E-state index contributed by atoms with van der Waals surface area (Å²) in [5.41, 5.74) is -0.292. The van der Waals surface area contributed by atoms with Crippen LogP contribution in [0.25, 0.3) is 0 Å². The third-order valence-electron chi connectivity index (χ3n) is 1.91. The Hall–Kier alpha value is -0.990. The van der Waals surface area contributed by atoms with Crippen LogP contribution in [0.5, 0.6) is 5.75 Å². The van der Waals surface area contributed by atoms with Gasteiger partial charge in [-0.05, 0) is 35.1 Å². The maximum absolute atomic E-state index is 13.8. The molecule has 0 aliphatic carbocycles. The van der Waals surface area contributed by atoms with Crippen molar-refractivity contribution in [2.45, 2.75) is 0 Å². The lowest BCUT2D eigenvalue weighted by Crippen LogP contribution is -2.35. The Morgan fingerprint density at radius 3 is 2.82 bits per heavy atom. The van der Waals surface area contributed by atoms with Crippen LogP contribution in [0, 0.1) is 5.82 Å². The minimum absolute atomic E-state index is 0.106. The average molecular weight is 325 g/mol. The van der Waals surface area contributed by atoms with Gasteiger partial charge in [0.15, 0.2) is 17.0 Å². The van der Waals surface area contributed by atoms with Gasteiger partial charge in [0.1, 0.15) is 17.7 Å². The van der Waals surface area contributed by atoms with Gasteiger partial charge in [0.2, 0.25) is 0 Å². The van der Waals surface area contributed by atoms with Crippen molar-refractivity contribution in [2.24, 2.45) is 0 Å². The molecular formula is C9H10BrFN2O3S. The number of hydrogen-bond acceptors (Lipinski definition) is 3. The van der Waals surface area contributed by atoms with E-state index in [1.807, 2.05) is 0 Å². The van der Waals surface area contributed by atoms with Gasteiger partial charge in [0, 0.05) is 0 Å². The van der Waals surface area contributed by atoms with Crippen molar-refractivity contribution in [3.63, 3.8) is 0 Å². The zero-order valence-corrected chi connectivity index (χ0v) is 11.2. The van der Waals surface area contributed by atoms with Gasteiger partial charge in [0.25, 0.3) is 0 Å². The van der Waals surface area contributed by atoms with Crippen LogP contribution in [0.2, 0.25) is 0 Å². The summed E-state index contributed by atoms with van der Waals surface area (Å²) in [5, 5.41) is 9.58. The summed E-state index contributed by atoms with van der Waals surface area (Å²) in [6.07, 6.45) is 0.467. The summed E-state index contributed by atoms with van der Waals surface area (Å²) >= 11 is 1.14. The molecule has 0 aliphatic rings. The highest BCUT2D eigenvalue weighted by Gasteiger charge is 2.22. The number of nitrogens with zero attached hydrogens (tertiary/aromatic N) is 1. The van der Waals surface area contributed by atoms with E-state index in [0.29, 0.717) is 6.29 Å². The molecule has 0 saturated carbocycles. The Labute approximate surface area is 108 Å². The Bertz CT molecular complexity index is 458. The number of aldehydes is 1. The number of phenolic OH excluding ortho intramolecular Hbond substituents is 1. The topological polar surface area (TPSA) is 69.6 Å². The first-order valence-corrected chi connectivity index (χ1v) is 6.40. The summed E-state index contributed by atoms with van der Waals surface area (Å²) in [5.74, 6) is -1.17. The van der Waals surface area contributed by atoms with Crippen LogP contribution in [0.3, 0.4) is 0 Å². The second-order valence-electron chi connectivity index (χ2n) is 2.91. The molecule has 0 heterocycles. The Morgan fingerprint density at radius 1 is 1.65 bits per heavy atom. The van der Waals surface area contributed by atoms with Gasteiger partial charge in [-0.15, -0.1) is 0 Å². The third kappa shape index (κ3) is 3.02. The third-order valence-corrected chi connectivity index (χ3v) is 3.61. The second-order valence-corrected chi connectivity index (χ2v) is 5.11. The first kappa shape index (κ1) is 14.1. The lowest BCUT2D eigenvalue weighted by Gasteiger charge is -2.21. The molecule has 1 rings (SSSR count). The van der Waals surface area contributed by atoms with E-state index in [0.717, 1.165) is 4.31 Å². The fourth-order valence-corrected chi connectivity index (χ4v) is 2.26. The number of phenols is 1. The molecule has 0 aliphatic heterocycles. The van der Waals surface area contributed by atoms with Crippen molar-refractivity contribution in [3.05, 3.63) is 22.4 Å². The molecule has 2 N–H and O–H groups in total. The largest absolute Gasteiger partial charge is 0.506 e. The zero-order chi connectivity index (χ0) is 13.0. The Balaban J connectivity index is 3.31. The van der Waals surface area contributed by atoms with Gasteiger partial charge in [-0.2, -0.15) is 0 Å². The van der Waals surface area contributed by atoms with Crippen LogP contribution in [-0.4, -0.2) is 29.2 Å². The predicted molar refractivity (Wildman–Crippen MR) is 66.4 cm³/mol. The fraction of sp³-hybridized carbons (Fsp3) is 0.222. The number of benzene rings is 1. The maximum Gasteiger partial charge on any atom is 0.196 e. The fourth-order valence-electron chi connectivity index (χ4n) is 1.19. The van der Waals surface area contributed by atoms with E-state index in [-0.39, 0.29) is 16.7 Å². The SMILES string of the molecule is CNS(=O)N(CC=O)c1c(O)ccc(Br)c1F. The molecule has 1 aromatic rings. The number of carbonyl (C=O) groups is 1. The lowest BCUT2D eigenvalue weighted by atomic mass is 10.3. The van der Waals surface area contributed by atoms with E-state index in [4.69, 9.17) is 0 Å². The molecule has 5 nitrogen and oxygen atoms in total. The van der Waals surface area contributed by atoms with E-state index in [9.17, 15) is 18.5 Å². The molecule has 0 aromatic heterocycles. The highest BCUT2D eigenvalue weighted by atomic mass is 79.9. The maximum atomic E-state index is 13.8. The summed E-state index contributed by atoms with van der Waals surface area (Å²) in [4.78, 5) is 10.5. The van der Waals surface area contributed by atoms with Crippen molar-refractivity contribution in [3.8, 4) is 5.75 Å². The molecule has 0 bridgehead atoms. The number of nitrogens with one attached hydrogen (secondary N) is 1. The molecule has 17 heavy (non-hydrogen) atoms. The quantitative estimate of drug-likeness (QED) is 0.797. The minimum Gasteiger partial charge on any atom is -0.506 e. The van der Waals surface area contributed by atoms with Crippen LogP contribution in [-0.2, 0) is 16.0 Å². The van der Waals surface area contributed by atoms with Crippen molar-refractivity contribution in [2.75, 3.05) is 17.9 Å². The Morgan fingerprint density at radius 2 is 2.29 bits per heavy atom. The molecule has 1 aromatic carbocycles. The minimum atomic E-state index is -1.81. The number of anilines is 1. The van der Waals surface area contributed by atoms with Crippen molar-refractivity contribution >= 4 is 39.1 Å². The van der Waals surface area contributed by atoms with Crippen molar-refractivity contribution < 1.29 is 18.5 Å². The monoisotopic (exact) mass is 324 g/mol. The smallest absolute Gasteiger partial charge is 0.196 e. The molecular weight excluding hydrogens is 315 g/mol. The number of halogens is 2. The van der Waals surface area contributed by atoms with Crippen LogP contribution in [0.15, 0.2) is 16.6 Å². The highest BCUT2D eigenvalue weighted by molar-refractivity contribution is 9.10. The lowest BCUT2D eigenvalue weighted by molar-refractivity contribution is -0.106. The first-order chi connectivity index (χ1) is 8.02. The number of aromatic hydroxyl groups is 1. The first-order valence-electron chi connectivity index (χ1n) is 4.50. The molecule has 0 radical (unpaired) electrons. The number of carbonyl (C=O) groups excluding carboxylic acids is 1. The standard InChI is InChI=1S/C9H10BrFN2O3S/c1-12-17(16)13(4-5-14)9-7(15)3-2-6(10)8(9)11/h2-3,5,12,15H,4H2,1H3. The number of rotatable bonds is 5. The van der Waals surface area contributed by atoms with Gasteiger partial charge in [-0.25, -0.2) is 13.3 Å². The summed E-state index contributed by atoms with van der Waals surface area (Å²) in [6, 6.07) is 2.56. The molecule has 1 unspecified atom stereocenters. The normalized spacial score (nSPS) is 12.2. The van der Waals surface area contributed by atoms with Gasteiger partial charge < -0.3 is 9.90 Å². The molecule has 0 amide bonds. The average Bonchev–Trinajstić information content (AvgIpc) is 2.32. The Kier molecular flexibility index (Phi) is 5.03. The molecule has 0 spiro atoms. The van der Waals surface area contributed by atoms with E-state index in [1.165, 1.54) is 19.2 Å². The van der Waals surface area contributed by atoms with Crippen LogP contribution in [0.1, 0.15) is 0 Å². The second kappa shape index (κ2) is 6.08. The van der Waals surface area contributed by atoms with Gasteiger partial charge in [0.05, 0.1) is 11.0 Å². The predicted octanol–water partition coefficient (Wildman–Crippen LogP) is 1.10. The van der Waals surface area contributed by atoms with Crippen molar-refractivity contribution in [1.82, 2.24) is 4.72 Å². The molecule has 1 atom stereocenters. The van der Waals surface area contributed by atoms with Gasteiger partial charge in [-0.1, -0.05) is 0 Å². The highest BCUT2D eigenvalue weighted by Crippen LogP contribution is 2.34. The van der Waals surface area contributed by atoms with Gasteiger partial charge in [-0.3, -0.25) is 4.31 Å². The van der Waals surface area contributed by atoms with Crippen LogP contribution in [0.4, 0.5) is 10.1 Å². The van der Waals surface area contributed by atoms with Gasteiger partial charge >= 0.3 is 0 Å². The number of hydrogen-bond donors (Lipinski definition) is 2. The van der Waals surface area contributed by atoms with Crippen LogP contribution < -0.4 is 9.03 Å². The van der Waals surface area contributed by atoms with Crippen LogP contribution >= 0.6 is 15.9 Å². The van der Waals surface area contributed by atoms with Crippen molar-refractivity contribution in [1.29, 1.82) is 0 Å². The van der Waals surface area contributed by atoms with E-state index < -0.39 is 22.7 Å². The van der Waals surface area contributed by atoms with E-state index in [2.05, 4.69) is 20.7 Å². The molecule has 94 valence electrons. The summed E-state index contributed by atoms with van der Waals surface area (Å²) in [7, 11) is 1.39.